The lowest BCUT2D eigenvalue weighted by Gasteiger charge is -2.17. The molecule has 0 N–H and O–H groups in total. The highest BCUT2D eigenvalue weighted by atomic mass is 16.2. The second kappa shape index (κ2) is 6.17. The summed E-state index contributed by atoms with van der Waals surface area (Å²) in [5, 5.41) is 18.2. The van der Waals surface area contributed by atoms with Crippen molar-refractivity contribution >= 4 is 17.2 Å². The molecule has 0 bridgehead atoms. The molecule has 1 amide bonds. The maximum atomic E-state index is 12.7. The highest BCUT2D eigenvalue weighted by Crippen LogP contribution is 2.38. The molecule has 1 aliphatic heterocycles. The van der Waals surface area contributed by atoms with Crippen molar-refractivity contribution in [1.82, 2.24) is 0 Å². The van der Waals surface area contributed by atoms with Gasteiger partial charge in [0.1, 0.15) is 17.7 Å². The number of nitriles is 2. The summed E-state index contributed by atoms with van der Waals surface area (Å²) >= 11 is 0. The fraction of sp³-hybridized carbons (Fsp3) is 0.105. The normalized spacial score (nSPS) is 12.5. The van der Waals surface area contributed by atoms with E-state index >= 15 is 0 Å². The lowest BCUT2D eigenvalue weighted by molar-refractivity contribution is -0.113. The Bertz CT molecular complexity index is 853. The Kier molecular flexibility index (Phi) is 3.91. The molecule has 0 radical (unpaired) electrons. The van der Waals surface area contributed by atoms with Crippen molar-refractivity contribution in [1.29, 1.82) is 10.5 Å². The summed E-state index contributed by atoms with van der Waals surface area (Å²) in [6.45, 7) is 0.507. The Labute approximate surface area is 134 Å². The van der Waals surface area contributed by atoms with E-state index < -0.39 is 0 Å². The highest BCUT2D eigenvalue weighted by molar-refractivity contribution is 6.34. The number of hydrogen-bond acceptors (Lipinski definition) is 3. The predicted octanol–water partition coefficient (Wildman–Crippen LogP) is 3.08. The molecule has 0 unspecified atom stereocenters. The number of anilines is 1. The molecule has 0 aromatic heterocycles. The van der Waals surface area contributed by atoms with Crippen molar-refractivity contribution in [2.75, 3.05) is 11.4 Å². The lowest BCUT2D eigenvalue weighted by Crippen LogP contribution is -2.28. The highest BCUT2D eigenvalue weighted by Gasteiger charge is 2.34. The smallest absolute Gasteiger partial charge is 0.261 e. The number of hydrogen-bond donors (Lipinski definition) is 0. The van der Waals surface area contributed by atoms with Crippen LogP contribution in [0, 0.1) is 22.7 Å². The van der Waals surface area contributed by atoms with E-state index in [0.29, 0.717) is 18.5 Å². The number of carbonyl (C=O) groups excluding carboxylic acids is 1. The van der Waals surface area contributed by atoms with Gasteiger partial charge in [-0.05, 0) is 18.1 Å². The number of para-hydroxylation sites is 1. The minimum absolute atomic E-state index is 0.135. The third-order valence-corrected chi connectivity index (χ3v) is 3.86. The second-order valence-electron chi connectivity index (χ2n) is 5.18. The SMILES string of the molecule is N#CC(C#N)=C1C(=O)N(CCc2ccccc2)c2ccccc21. The third kappa shape index (κ3) is 2.59. The van der Waals surface area contributed by atoms with Crippen LogP contribution >= 0.6 is 0 Å². The van der Waals surface area contributed by atoms with Crippen molar-refractivity contribution in [3.8, 4) is 12.1 Å². The van der Waals surface area contributed by atoms with Gasteiger partial charge in [0.25, 0.3) is 5.91 Å². The quantitative estimate of drug-likeness (QED) is 0.646. The molecular formula is C19H13N3O. The molecule has 4 nitrogen and oxygen atoms in total. The zero-order chi connectivity index (χ0) is 16.2. The first-order chi connectivity index (χ1) is 11.3. The molecule has 110 valence electrons. The maximum absolute atomic E-state index is 12.7. The molecular weight excluding hydrogens is 286 g/mol. The van der Waals surface area contributed by atoms with Crippen LogP contribution in [0.4, 0.5) is 5.69 Å². The largest absolute Gasteiger partial charge is 0.307 e. The van der Waals surface area contributed by atoms with Crippen LogP contribution in [0.3, 0.4) is 0 Å². The molecule has 0 spiro atoms. The monoisotopic (exact) mass is 299 g/mol. The van der Waals surface area contributed by atoms with Crippen LogP contribution in [0.15, 0.2) is 60.2 Å². The molecule has 2 aromatic rings. The molecule has 0 atom stereocenters. The Hall–Kier alpha value is -3.37. The molecule has 2 aromatic carbocycles. The number of rotatable bonds is 3. The first-order valence-electron chi connectivity index (χ1n) is 7.26. The van der Waals surface area contributed by atoms with Gasteiger partial charge in [0, 0.05) is 12.1 Å². The first-order valence-corrected chi connectivity index (χ1v) is 7.26. The van der Waals surface area contributed by atoms with E-state index in [1.807, 2.05) is 54.6 Å². The lowest BCUT2D eigenvalue weighted by atomic mass is 10.0. The van der Waals surface area contributed by atoms with Crippen LogP contribution in [-0.4, -0.2) is 12.5 Å². The van der Waals surface area contributed by atoms with E-state index in [2.05, 4.69) is 0 Å². The van der Waals surface area contributed by atoms with E-state index in [0.717, 1.165) is 11.3 Å². The van der Waals surface area contributed by atoms with Crippen LogP contribution < -0.4 is 4.90 Å². The van der Waals surface area contributed by atoms with E-state index in [9.17, 15) is 4.79 Å². The van der Waals surface area contributed by atoms with Gasteiger partial charge in [-0.25, -0.2) is 0 Å². The molecule has 0 saturated carbocycles. The molecule has 23 heavy (non-hydrogen) atoms. The van der Waals surface area contributed by atoms with Gasteiger partial charge in [-0.1, -0.05) is 48.5 Å². The van der Waals surface area contributed by atoms with Crippen molar-refractivity contribution in [2.24, 2.45) is 0 Å². The Morgan fingerprint density at radius 1 is 0.957 bits per heavy atom. The molecule has 0 aliphatic carbocycles. The molecule has 0 saturated heterocycles. The zero-order valence-corrected chi connectivity index (χ0v) is 12.4. The van der Waals surface area contributed by atoms with Crippen molar-refractivity contribution in [3.05, 3.63) is 71.3 Å². The van der Waals surface area contributed by atoms with Crippen LogP contribution in [0.25, 0.3) is 5.57 Å². The standard InChI is InChI=1S/C19H13N3O/c20-12-15(13-21)18-16-8-4-5-9-17(16)22(19(18)23)11-10-14-6-2-1-3-7-14/h1-9H,10-11H2. The van der Waals surface area contributed by atoms with E-state index in [-0.39, 0.29) is 17.1 Å². The average molecular weight is 299 g/mol. The Balaban J connectivity index is 1.97. The fourth-order valence-electron chi connectivity index (χ4n) is 2.77. The topological polar surface area (TPSA) is 67.9 Å². The molecule has 3 rings (SSSR count). The molecule has 4 heteroatoms. The van der Waals surface area contributed by atoms with Crippen molar-refractivity contribution in [3.63, 3.8) is 0 Å². The van der Waals surface area contributed by atoms with Gasteiger partial charge in [0.05, 0.1) is 11.3 Å². The third-order valence-electron chi connectivity index (χ3n) is 3.86. The van der Waals surface area contributed by atoms with E-state index in [1.165, 1.54) is 0 Å². The molecule has 1 aliphatic rings. The van der Waals surface area contributed by atoms with E-state index in [1.54, 1.807) is 17.0 Å². The Morgan fingerprint density at radius 2 is 1.61 bits per heavy atom. The number of allylic oxidation sites excluding steroid dienone is 1. The number of amides is 1. The number of nitrogens with zero attached hydrogens (tertiary/aromatic N) is 3. The van der Waals surface area contributed by atoms with Crippen LogP contribution in [0.5, 0.6) is 0 Å². The Morgan fingerprint density at radius 3 is 2.30 bits per heavy atom. The zero-order valence-electron chi connectivity index (χ0n) is 12.4. The maximum Gasteiger partial charge on any atom is 0.261 e. The average Bonchev–Trinajstić information content (AvgIpc) is 2.88. The summed E-state index contributed by atoms with van der Waals surface area (Å²) in [7, 11) is 0. The van der Waals surface area contributed by atoms with Crippen LogP contribution in [0.1, 0.15) is 11.1 Å². The van der Waals surface area contributed by atoms with E-state index in [4.69, 9.17) is 10.5 Å². The number of fused-ring (bicyclic) bond motifs is 1. The van der Waals surface area contributed by atoms with Gasteiger partial charge < -0.3 is 4.90 Å². The van der Waals surface area contributed by atoms with Gasteiger partial charge in [-0.2, -0.15) is 10.5 Å². The summed E-state index contributed by atoms with van der Waals surface area (Å²) < 4.78 is 0. The first kappa shape index (κ1) is 14.6. The van der Waals surface area contributed by atoms with Gasteiger partial charge >= 0.3 is 0 Å². The summed E-state index contributed by atoms with van der Waals surface area (Å²) in [6.07, 6.45) is 0.711. The second-order valence-corrected chi connectivity index (χ2v) is 5.18. The molecule has 1 heterocycles. The van der Waals surface area contributed by atoms with Gasteiger partial charge in [-0.15, -0.1) is 0 Å². The summed E-state index contributed by atoms with van der Waals surface area (Å²) in [6, 6.07) is 20.8. The van der Waals surface area contributed by atoms with Gasteiger partial charge in [-0.3, -0.25) is 4.79 Å². The minimum atomic E-state index is -0.278. The van der Waals surface area contributed by atoms with Crippen LogP contribution in [-0.2, 0) is 11.2 Å². The van der Waals surface area contributed by atoms with Crippen molar-refractivity contribution < 1.29 is 4.79 Å². The summed E-state index contributed by atoms with van der Waals surface area (Å²) in [5.41, 5.74) is 2.62. The summed E-state index contributed by atoms with van der Waals surface area (Å²) in [4.78, 5) is 14.4. The minimum Gasteiger partial charge on any atom is -0.307 e. The van der Waals surface area contributed by atoms with Crippen molar-refractivity contribution in [2.45, 2.75) is 6.42 Å². The number of carbonyl (C=O) groups is 1. The van der Waals surface area contributed by atoms with Gasteiger partial charge in [0.2, 0.25) is 0 Å². The van der Waals surface area contributed by atoms with Crippen LogP contribution in [0.2, 0.25) is 0 Å². The fourth-order valence-corrected chi connectivity index (χ4v) is 2.77. The number of benzene rings is 2. The molecule has 0 fully saturated rings. The predicted molar refractivity (Wildman–Crippen MR) is 87.1 cm³/mol. The summed E-state index contributed by atoms with van der Waals surface area (Å²) in [5.74, 6) is -0.278. The van der Waals surface area contributed by atoms with Gasteiger partial charge in [0.15, 0.2) is 0 Å².